The van der Waals surface area contributed by atoms with Crippen molar-refractivity contribution < 1.29 is 9.90 Å². The van der Waals surface area contributed by atoms with Gasteiger partial charge in [0.1, 0.15) is 5.82 Å². The van der Waals surface area contributed by atoms with Gasteiger partial charge in [-0.15, -0.1) is 0 Å². The van der Waals surface area contributed by atoms with Crippen LogP contribution in [-0.4, -0.2) is 21.0 Å². The molecule has 0 aromatic carbocycles. The number of rotatable bonds is 2. The molecule has 4 nitrogen and oxygen atoms in total. The lowest BCUT2D eigenvalue weighted by atomic mass is 10.1. The molecule has 78 valence electrons. The molecule has 1 N–H and O–H groups in total. The van der Waals surface area contributed by atoms with E-state index in [4.69, 9.17) is 5.11 Å². The summed E-state index contributed by atoms with van der Waals surface area (Å²) in [5.41, 5.74) is 1.78. The third-order valence-electron chi connectivity index (χ3n) is 3.20. The van der Waals surface area contributed by atoms with E-state index in [1.807, 2.05) is 0 Å². The van der Waals surface area contributed by atoms with Gasteiger partial charge in [0.15, 0.2) is 0 Å². The number of hydrogen-bond acceptors (Lipinski definition) is 3. The summed E-state index contributed by atoms with van der Waals surface area (Å²) >= 11 is 0. The van der Waals surface area contributed by atoms with E-state index in [9.17, 15) is 4.79 Å². The van der Waals surface area contributed by atoms with Gasteiger partial charge in [0, 0.05) is 23.4 Å². The molecule has 0 radical (unpaired) electrons. The van der Waals surface area contributed by atoms with Crippen molar-refractivity contribution in [1.29, 1.82) is 0 Å². The number of carboxylic acids is 1. The monoisotopic (exact) mass is 204 g/mol. The first kappa shape index (κ1) is 8.83. The number of aliphatic carboxylic acids is 1. The van der Waals surface area contributed by atoms with Gasteiger partial charge in [-0.25, -0.2) is 9.97 Å². The second-order valence-electron chi connectivity index (χ2n) is 4.33. The molecule has 1 fully saturated rings. The number of carboxylic acid groups (broad SMARTS) is 1. The smallest absolute Gasteiger partial charge is 0.311 e. The molecule has 1 aromatic heterocycles. The highest BCUT2D eigenvalue weighted by molar-refractivity contribution is 5.77. The highest BCUT2D eigenvalue weighted by Gasteiger charge is 2.32. The largest absolute Gasteiger partial charge is 0.481 e. The van der Waals surface area contributed by atoms with Crippen LogP contribution in [0.5, 0.6) is 0 Å². The predicted octanol–water partition coefficient (Wildman–Crippen LogP) is 1.47. The molecule has 0 aliphatic heterocycles. The van der Waals surface area contributed by atoms with E-state index in [1.54, 1.807) is 6.20 Å². The summed E-state index contributed by atoms with van der Waals surface area (Å²) in [7, 11) is 0. The van der Waals surface area contributed by atoms with Crippen LogP contribution in [0.2, 0.25) is 0 Å². The first-order valence-corrected chi connectivity index (χ1v) is 5.34. The summed E-state index contributed by atoms with van der Waals surface area (Å²) in [6.07, 6.45) is 5.55. The van der Waals surface area contributed by atoms with Gasteiger partial charge in [0.2, 0.25) is 0 Å². The maximum absolute atomic E-state index is 10.9. The number of aryl methyl sites for hydroxylation is 1. The molecule has 3 rings (SSSR count). The molecule has 1 unspecified atom stereocenters. The van der Waals surface area contributed by atoms with Crippen molar-refractivity contribution in [3.8, 4) is 0 Å². The predicted molar refractivity (Wildman–Crippen MR) is 52.7 cm³/mol. The molecule has 1 aromatic rings. The fourth-order valence-corrected chi connectivity index (χ4v) is 2.16. The highest BCUT2D eigenvalue weighted by Crippen LogP contribution is 2.39. The fraction of sp³-hybridized carbons (Fsp3) is 0.545. The molecule has 0 bridgehead atoms. The maximum atomic E-state index is 10.9. The number of carbonyl (C=O) groups is 1. The Morgan fingerprint density at radius 3 is 2.87 bits per heavy atom. The van der Waals surface area contributed by atoms with Crippen molar-refractivity contribution in [1.82, 2.24) is 9.97 Å². The fourth-order valence-electron chi connectivity index (χ4n) is 2.16. The van der Waals surface area contributed by atoms with E-state index in [0.29, 0.717) is 12.3 Å². The van der Waals surface area contributed by atoms with Crippen molar-refractivity contribution >= 4 is 5.97 Å². The van der Waals surface area contributed by atoms with Gasteiger partial charge >= 0.3 is 5.97 Å². The summed E-state index contributed by atoms with van der Waals surface area (Å²) < 4.78 is 0. The van der Waals surface area contributed by atoms with Crippen LogP contribution < -0.4 is 0 Å². The third kappa shape index (κ3) is 1.40. The van der Waals surface area contributed by atoms with Gasteiger partial charge in [0.25, 0.3) is 0 Å². The van der Waals surface area contributed by atoms with Crippen molar-refractivity contribution in [3.63, 3.8) is 0 Å². The van der Waals surface area contributed by atoms with Crippen LogP contribution in [0.3, 0.4) is 0 Å². The average molecular weight is 204 g/mol. The Balaban J connectivity index is 1.97. The zero-order valence-electron chi connectivity index (χ0n) is 8.31. The lowest BCUT2D eigenvalue weighted by Crippen LogP contribution is -2.08. The minimum absolute atomic E-state index is 0.381. The normalized spacial score (nSPS) is 23.9. The van der Waals surface area contributed by atoms with Crippen molar-refractivity contribution in [2.75, 3.05) is 0 Å². The Kier molecular flexibility index (Phi) is 1.78. The van der Waals surface area contributed by atoms with E-state index in [2.05, 4.69) is 9.97 Å². The topological polar surface area (TPSA) is 63.1 Å². The van der Waals surface area contributed by atoms with Gasteiger partial charge in [-0.05, 0) is 25.7 Å². The Labute approximate surface area is 87.4 Å². The second kappa shape index (κ2) is 3.02. The molecule has 1 atom stereocenters. The first-order chi connectivity index (χ1) is 7.25. The molecule has 15 heavy (non-hydrogen) atoms. The summed E-state index contributed by atoms with van der Waals surface area (Å²) in [4.78, 5) is 19.7. The molecule has 2 aliphatic rings. The summed E-state index contributed by atoms with van der Waals surface area (Å²) in [6.45, 7) is 0. The van der Waals surface area contributed by atoms with Crippen LogP contribution >= 0.6 is 0 Å². The Hall–Kier alpha value is -1.45. The van der Waals surface area contributed by atoms with Gasteiger partial charge in [-0.3, -0.25) is 4.79 Å². The first-order valence-electron chi connectivity index (χ1n) is 5.34. The molecule has 1 heterocycles. The maximum Gasteiger partial charge on any atom is 0.311 e. The lowest BCUT2D eigenvalue weighted by molar-refractivity contribution is -0.138. The molecular formula is C11H12N2O2. The SMILES string of the molecule is O=C(O)C1CCc2nc(C3CC3)ncc21. The summed E-state index contributed by atoms with van der Waals surface area (Å²) in [5, 5.41) is 9.00. The molecule has 2 aliphatic carbocycles. The zero-order valence-corrected chi connectivity index (χ0v) is 8.31. The van der Waals surface area contributed by atoms with Crippen molar-refractivity contribution in [2.45, 2.75) is 37.5 Å². The molecule has 0 saturated heterocycles. The van der Waals surface area contributed by atoms with Crippen molar-refractivity contribution in [2.24, 2.45) is 0 Å². The average Bonchev–Trinajstić information content (AvgIpc) is 2.97. The Bertz CT molecular complexity index is 427. The van der Waals surface area contributed by atoms with Crippen LogP contribution in [0.1, 0.15) is 48.2 Å². The highest BCUT2D eigenvalue weighted by atomic mass is 16.4. The zero-order chi connectivity index (χ0) is 10.4. The van der Waals surface area contributed by atoms with Crippen LogP contribution in [-0.2, 0) is 11.2 Å². The minimum Gasteiger partial charge on any atom is -0.481 e. The standard InChI is InChI=1S/C11H12N2O2/c14-11(15)7-3-4-9-8(7)5-12-10(13-9)6-1-2-6/h5-7H,1-4H2,(H,14,15). The van der Waals surface area contributed by atoms with E-state index in [-0.39, 0.29) is 5.92 Å². The summed E-state index contributed by atoms with van der Waals surface area (Å²) in [6, 6.07) is 0. The third-order valence-corrected chi connectivity index (χ3v) is 3.20. The molecule has 4 heteroatoms. The minimum atomic E-state index is -0.753. The van der Waals surface area contributed by atoms with E-state index in [1.165, 1.54) is 12.8 Å². The van der Waals surface area contributed by atoms with Crippen LogP contribution in [0, 0.1) is 0 Å². The van der Waals surface area contributed by atoms with E-state index < -0.39 is 5.97 Å². The van der Waals surface area contributed by atoms with Crippen LogP contribution in [0.25, 0.3) is 0 Å². The van der Waals surface area contributed by atoms with E-state index >= 15 is 0 Å². The number of aromatic nitrogens is 2. The van der Waals surface area contributed by atoms with Gasteiger partial charge in [-0.1, -0.05) is 0 Å². The number of fused-ring (bicyclic) bond motifs is 1. The molecular weight excluding hydrogens is 192 g/mol. The Morgan fingerprint density at radius 1 is 1.40 bits per heavy atom. The molecule has 0 amide bonds. The number of nitrogens with zero attached hydrogens (tertiary/aromatic N) is 2. The second-order valence-corrected chi connectivity index (χ2v) is 4.33. The summed E-state index contributed by atoms with van der Waals surface area (Å²) in [5.74, 6) is 0.323. The Morgan fingerprint density at radius 2 is 2.20 bits per heavy atom. The van der Waals surface area contributed by atoms with E-state index in [0.717, 1.165) is 23.5 Å². The van der Waals surface area contributed by atoms with Crippen molar-refractivity contribution in [3.05, 3.63) is 23.3 Å². The lowest BCUT2D eigenvalue weighted by Gasteiger charge is -2.05. The van der Waals surface area contributed by atoms with Crippen LogP contribution in [0.15, 0.2) is 6.20 Å². The van der Waals surface area contributed by atoms with Crippen LogP contribution in [0.4, 0.5) is 0 Å². The van der Waals surface area contributed by atoms with Gasteiger partial charge < -0.3 is 5.11 Å². The molecule has 1 saturated carbocycles. The van der Waals surface area contributed by atoms with Gasteiger partial charge in [0.05, 0.1) is 5.92 Å². The quantitative estimate of drug-likeness (QED) is 0.792. The molecule has 0 spiro atoms. The number of hydrogen-bond donors (Lipinski definition) is 1. The van der Waals surface area contributed by atoms with Gasteiger partial charge in [-0.2, -0.15) is 0 Å².